The molecule has 0 radical (unpaired) electrons. The lowest BCUT2D eigenvalue weighted by Crippen LogP contribution is -2.30. The molecule has 1 aliphatic heterocycles. The summed E-state index contributed by atoms with van der Waals surface area (Å²) in [5.41, 5.74) is 1.44. The molecule has 29 heavy (non-hydrogen) atoms. The van der Waals surface area contributed by atoms with Crippen LogP contribution in [0.4, 0.5) is 5.69 Å². The van der Waals surface area contributed by atoms with Crippen LogP contribution in [0.25, 0.3) is 6.08 Å². The second kappa shape index (κ2) is 8.94. The largest absolute Gasteiger partial charge is 0.287 e. The maximum atomic E-state index is 12.7. The minimum Gasteiger partial charge on any atom is -0.287 e. The van der Waals surface area contributed by atoms with E-state index in [-0.39, 0.29) is 16.1 Å². The first kappa shape index (κ1) is 21.3. The van der Waals surface area contributed by atoms with Gasteiger partial charge in [-0.15, -0.1) is 0 Å². The van der Waals surface area contributed by atoms with Crippen molar-refractivity contribution in [1.29, 1.82) is 0 Å². The van der Waals surface area contributed by atoms with Crippen LogP contribution < -0.4 is 0 Å². The Hall–Kier alpha value is -2.42. The molecule has 1 unspecified atom stereocenters. The van der Waals surface area contributed by atoms with Gasteiger partial charge in [0.05, 0.1) is 10.6 Å². The van der Waals surface area contributed by atoms with E-state index in [1.165, 1.54) is 44.1 Å². The standard InChI is InChI=1S/C21H23N3O3S2/c1-16-15-24(20(25)13-12-17-8-5-4-6-9-17)21(28-16)22-18-10-7-11-19(14-18)29(26,27)23(2)3/h4-14,16H,15H2,1-3H3. The molecule has 1 amide bonds. The lowest BCUT2D eigenvalue weighted by atomic mass is 10.2. The molecule has 2 aromatic rings. The molecule has 0 saturated carbocycles. The molecular formula is C21H23N3O3S2. The Bertz CT molecular complexity index is 1050. The fourth-order valence-electron chi connectivity index (χ4n) is 2.74. The fourth-order valence-corrected chi connectivity index (χ4v) is 4.72. The van der Waals surface area contributed by atoms with Crippen LogP contribution in [0.15, 0.2) is 70.6 Å². The van der Waals surface area contributed by atoms with Crippen molar-refractivity contribution < 1.29 is 13.2 Å². The first-order valence-electron chi connectivity index (χ1n) is 9.10. The second-order valence-corrected chi connectivity index (χ2v) is 10.4. The first-order chi connectivity index (χ1) is 13.8. The zero-order valence-electron chi connectivity index (χ0n) is 16.5. The number of thioether (sulfide) groups is 1. The van der Waals surface area contributed by atoms with Gasteiger partial charge in [0.15, 0.2) is 5.17 Å². The van der Waals surface area contributed by atoms with Gasteiger partial charge in [0.2, 0.25) is 10.0 Å². The molecule has 1 saturated heterocycles. The SMILES string of the molecule is CC1CN(C(=O)C=Cc2ccccc2)C(=Nc2cccc(S(=O)(=O)N(C)C)c2)S1. The highest BCUT2D eigenvalue weighted by Gasteiger charge is 2.29. The number of benzene rings is 2. The van der Waals surface area contributed by atoms with Crippen LogP contribution in [0.5, 0.6) is 0 Å². The van der Waals surface area contributed by atoms with Gasteiger partial charge in [-0.05, 0) is 29.8 Å². The van der Waals surface area contributed by atoms with Crippen molar-refractivity contribution in [3.8, 4) is 0 Å². The zero-order chi connectivity index (χ0) is 21.0. The summed E-state index contributed by atoms with van der Waals surface area (Å²) in [7, 11) is -0.571. The third-order valence-corrected chi connectivity index (χ3v) is 7.17. The smallest absolute Gasteiger partial charge is 0.252 e. The van der Waals surface area contributed by atoms with E-state index in [1.807, 2.05) is 37.3 Å². The normalized spacial score (nSPS) is 18.8. The minimum absolute atomic E-state index is 0.151. The molecule has 0 aliphatic carbocycles. The average molecular weight is 430 g/mol. The molecule has 0 N–H and O–H groups in total. The summed E-state index contributed by atoms with van der Waals surface area (Å²) in [6.07, 6.45) is 3.31. The number of carbonyl (C=O) groups is 1. The molecule has 0 bridgehead atoms. The Morgan fingerprint density at radius 2 is 1.90 bits per heavy atom. The summed E-state index contributed by atoms with van der Waals surface area (Å²) in [6, 6.07) is 16.1. The van der Waals surface area contributed by atoms with E-state index in [0.29, 0.717) is 17.4 Å². The Morgan fingerprint density at radius 3 is 2.59 bits per heavy atom. The van der Waals surface area contributed by atoms with Crippen LogP contribution in [-0.2, 0) is 14.8 Å². The van der Waals surface area contributed by atoms with Crippen molar-refractivity contribution in [3.05, 3.63) is 66.2 Å². The molecule has 1 aliphatic rings. The third-order valence-electron chi connectivity index (χ3n) is 4.28. The Kier molecular flexibility index (Phi) is 6.56. The van der Waals surface area contributed by atoms with Gasteiger partial charge >= 0.3 is 0 Å². The molecule has 1 heterocycles. The third kappa shape index (κ3) is 5.14. The molecule has 0 aromatic heterocycles. The van der Waals surface area contributed by atoms with Crippen LogP contribution in [0.2, 0.25) is 0 Å². The summed E-state index contributed by atoms with van der Waals surface area (Å²) in [5.74, 6) is -0.151. The van der Waals surface area contributed by atoms with E-state index in [1.54, 1.807) is 23.1 Å². The van der Waals surface area contributed by atoms with E-state index < -0.39 is 10.0 Å². The Balaban J connectivity index is 1.86. The van der Waals surface area contributed by atoms with Gasteiger partial charge in [-0.1, -0.05) is 55.1 Å². The van der Waals surface area contributed by atoms with Crippen molar-refractivity contribution in [2.75, 3.05) is 20.6 Å². The number of hydrogen-bond acceptors (Lipinski definition) is 5. The molecule has 2 aromatic carbocycles. The highest BCUT2D eigenvalue weighted by atomic mass is 32.2. The zero-order valence-corrected chi connectivity index (χ0v) is 18.2. The summed E-state index contributed by atoms with van der Waals surface area (Å²) < 4.78 is 25.9. The summed E-state index contributed by atoms with van der Waals surface area (Å²) in [6.45, 7) is 2.58. The maximum Gasteiger partial charge on any atom is 0.252 e. The van der Waals surface area contributed by atoms with Gasteiger partial charge in [0, 0.05) is 32.0 Å². The molecule has 0 spiro atoms. The van der Waals surface area contributed by atoms with Crippen LogP contribution in [0.1, 0.15) is 12.5 Å². The van der Waals surface area contributed by atoms with Gasteiger partial charge in [0.1, 0.15) is 0 Å². The number of rotatable bonds is 5. The van der Waals surface area contributed by atoms with Gasteiger partial charge in [-0.3, -0.25) is 9.69 Å². The van der Waals surface area contributed by atoms with Gasteiger partial charge in [0.25, 0.3) is 5.91 Å². The van der Waals surface area contributed by atoms with Crippen LogP contribution in [0.3, 0.4) is 0 Å². The first-order valence-corrected chi connectivity index (χ1v) is 11.4. The highest BCUT2D eigenvalue weighted by molar-refractivity contribution is 8.14. The minimum atomic E-state index is -3.55. The van der Waals surface area contributed by atoms with Crippen LogP contribution in [-0.4, -0.2) is 54.6 Å². The fraction of sp³-hybridized carbons (Fsp3) is 0.238. The number of amidine groups is 1. The molecule has 1 atom stereocenters. The number of amides is 1. The second-order valence-electron chi connectivity index (χ2n) is 6.80. The quantitative estimate of drug-likeness (QED) is 0.681. The summed E-state index contributed by atoms with van der Waals surface area (Å²) >= 11 is 1.50. The number of sulfonamides is 1. The van der Waals surface area contributed by atoms with Crippen molar-refractivity contribution in [2.24, 2.45) is 4.99 Å². The van der Waals surface area contributed by atoms with Gasteiger partial charge < -0.3 is 0 Å². The number of nitrogens with zero attached hydrogens (tertiary/aromatic N) is 3. The van der Waals surface area contributed by atoms with E-state index in [2.05, 4.69) is 4.99 Å². The molecule has 3 rings (SSSR count). The van der Waals surface area contributed by atoms with Gasteiger partial charge in [-0.25, -0.2) is 17.7 Å². The molecule has 6 nitrogen and oxygen atoms in total. The lowest BCUT2D eigenvalue weighted by molar-refractivity contribution is -0.122. The summed E-state index contributed by atoms with van der Waals surface area (Å²) in [4.78, 5) is 19.1. The lowest BCUT2D eigenvalue weighted by Gasteiger charge is -2.14. The van der Waals surface area contributed by atoms with Crippen molar-refractivity contribution >= 4 is 44.6 Å². The number of hydrogen-bond donors (Lipinski definition) is 0. The maximum absolute atomic E-state index is 12.7. The van der Waals surface area contributed by atoms with Crippen molar-refractivity contribution in [2.45, 2.75) is 17.1 Å². The monoisotopic (exact) mass is 429 g/mol. The van der Waals surface area contributed by atoms with Crippen LogP contribution in [0, 0.1) is 0 Å². The number of carbonyl (C=O) groups excluding carboxylic acids is 1. The average Bonchev–Trinajstić information content (AvgIpc) is 3.07. The van der Waals surface area contributed by atoms with Crippen molar-refractivity contribution in [1.82, 2.24) is 9.21 Å². The Morgan fingerprint density at radius 1 is 1.17 bits per heavy atom. The molecular weight excluding hydrogens is 406 g/mol. The van der Waals surface area contributed by atoms with E-state index >= 15 is 0 Å². The predicted molar refractivity (Wildman–Crippen MR) is 119 cm³/mol. The topological polar surface area (TPSA) is 70.0 Å². The van der Waals surface area contributed by atoms with E-state index in [9.17, 15) is 13.2 Å². The Labute approximate surface area is 176 Å². The van der Waals surface area contributed by atoms with E-state index in [4.69, 9.17) is 0 Å². The van der Waals surface area contributed by atoms with Gasteiger partial charge in [-0.2, -0.15) is 0 Å². The van der Waals surface area contributed by atoms with E-state index in [0.717, 1.165) is 9.87 Å². The molecule has 152 valence electrons. The molecule has 8 heteroatoms. The number of aliphatic imine (C=N–C) groups is 1. The predicted octanol–water partition coefficient (Wildman–Crippen LogP) is 3.60. The van der Waals surface area contributed by atoms with Crippen molar-refractivity contribution in [3.63, 3.8) is 0 Å². The summed E-state index contributed by atoms with van der Waals surface area (Å²) in [5, 5.41) is 0.774. The van der Waals surface area contributed by atoms with Crippen LogP contribution >= 0.6 is 11.8 Å². The molecule has 1 fully saturated rings. The highest BCUT2D eigenvalue weighted by Crippen LogP contribution is 2.29.